The molecule has 120 valence electrons. The van der Waals surface area contributed by atoms with E-state index in [2.05, 4.69) is 33.0 Å². The van der Waals surface area contributed by atoms with Gasteiger partial charge in [-0.25, -0.2) is 8.42 Å². The molecule has 1 aliphatic rings. The molecule has 6 heteroatoms. The van der Waals surface area contributed by atoms with Gasteiger partial charge in [0.1, 0.15) is 4.90 Å². The highest BCUT2D eigenvalue weighted by atomic mass is 32.2. The van der Waals surface area contributed by atoms with E-state index < -0.39 is 10.0 Å². The molecule has 0 aliphatic carbocycles. The average Bonchev–Trinajstić information content (AvgIpc) is 2.94. The smallest absolute Gasteiger partial charge is 0.244 e. The van der Waals surface area contributed by atoms with Gasteiger partial charge in [-0.05, 0) is 38.8 Å². The van der Waals surface area contributed by atoms with Gasteiger partial charge in [-0.3, -0.25) is 0 Å². The van der Waals surface area contributed by atoms with E-state index in [4.69, 9.17) is 0 Å². The minimum Gasteiger partial charge on any atom is -0.346 e. The second-order valence-corrected chi connectivity index (χ2v) is 8.89. The molecule has 2 heterocycles. The van der Waals surface area contributed by atoms with Crippen LogP contribution in [0.25, 0.3) is 0 Å². The van der Waals surface area contributed by atoms with E-state index >= 15 is 0 Å². The van der Waals surface area contributed by atoms with Gasteiger partial charge in [-0.1, -0.05) is 13.8 Å². The number of hydrogen-bond donors (Lipinski definition) is 1. The van der Waals surface area contributed by atoms with Gasteiger partial charge in [0.25, 0.3) is 0 Å². The molecule has 0 spiro atoms. The Hall–Kier alpha value is -0.850. The molecular weight excluding hydrogens is 286 g/mol. The van der Waals surface area contributed by atoms with Crippen LogP contribution in [0.4, 0.5) is 0 Å². The maximum absolute atomic E-state index is 12.8. The predicted octanol–water partition coefficient (Wildman–Crippen LogP) is 2.21. The van der Waals surface area contributed by atoms with E-state index in [0.29, 0.717) is 24.5 Å². The number of hydrogen-bond acceptors (Lipinski definition) is 3. The van der Waals surface area contributed by atoms with E-state index in [9.17, 15) is 8.42 Å². The second kappa shape index (κ2) is 5.74. The Balaban J connectivity index is 2.35. The third-order valence-corrected chi connectivity index (χ3v) is 5.91. The molecule has 1 aromatic heterocycles. The number of nitrogens with one attached hydrogen (secondary N) is 1. The first-order chi connectivity index (χ1) is 9.67. The molecule has 1 saturated heterocycles. The van der Waals surface area contributed by atoms with Crippen LogP contribution in [0.15, 0.2) is 17.2 Å². The average molecular weight is 313 g/mol. The van der Waals surface area contributed by atoms with Crippen molar-refractivity contribution in [3.8, 4) is 0 Å². The van der Waals surface area contributed by atoms with Crippen molar-refractivity contribution in [2.75, 3.05) is 20.1 Å². The number of aromatic nitrogens is 1. The predicted molar refractivity (Wildman–Crippen MR) is 84.7 cm³/mol. The van der Waals surface area contributed by atoms with Crippen LogP contribution in [0.2, 0.25) is 0 Å². The number of sulfonamides is 1. The Labute approximate surface area is 128 Å². The summed E-state index contributed by atoms with van der Waals surface area (Å²) in [6.07, 6.45) is 2.69. The lowest BCUT2D eigenvalue weighted by Gasteiger charge is -2.19. The summed E-state index contributed by atoms with van der Waals surface area (Å²) in [7, 11) is -1.51. The lowest BCUT2D eigenvalue weighted by molar-refractivity contribution is 0.375. The fraction of sp³-hybridized carbons (Fsp3) is 0.733. The van der Waals surface area contributed by atoms with Crippen LogP contribution in [0.3, 0.4) is 0 Å². The van der Waals surface area contributed by atoms with Crippen molar-refractivity contribution in [1.82, 2.24) is 14.2 Å². The summed E-state index contributed by atoms with van der Waals surface area (Å²) in [6, 6.07) is 2.05. The monoisotopic (exact) mass is 313 g/mol. The Kier molecular flexibility index (Phi) is 4.52. The van der Waals surface area contributed by atoms with Gasteiger partial charge in [0.15, 0.2) is 0 Å². The lowest BCUT2D eigenvalue weighted by atomic mass is 9.93. The van der Waals surface area contributed by atoms with Crippen molar-refractivity contribution >= 4 is 10.0 Å². The van der Waals surface area contributed by atoms with E-state index in [1.54, 1.807) is 16.6 Å². The molecule has 5 nitrogen and oxygen atoms in total. The molecule has 0 aromatic carbocycles. The SMILES string of the molecule is CNCc1cc(S(=O)(=O)N2CCC(C)(C)C2)cn1C(C)C. The highest BCUT2D eigenvalue weighted by Gasteiger charge is 2.37. The first kappa shape index (κ1) is 16.5. The summed E-state index contributed by atoms with van der Waals surface area (Å²) < 4.78 is 29.3. The van der Waals surface area contributed by atoms with Crippen LogP contribution < -0.4 is 5.32 Å². The summed E-state index contributed by atoms with van der Waals surface area (Å²) in [6.45, 7) is 10.2. The Morgan fingerprint density at radius 2 is 2.05 bits per heavy atom. The second-order valence-electron chi connectivity index (χ2n) is 6.95. The van der Waals surface area contributed by atoms with Crippen LogP contribution in [0, 0.1) is 5.41 Å². The molecule has 1 fully saturated rings. The van der Waals surface area contributed by atoms with Gasteiger partial charge >= 0.3 is 0 Å². The highest BCUT2D eigenvalue weighted by Crippen LogP contribution is 2.33. The molecule has 0 amide bonds. The minimum atomic E-state index is -3.38. The zero-order valence-corrected chi connectivity index (χ0v) is 14.5. The molecule has 0 bridgehead atoms. The zero-order chi connectivity index (χ0) is 15.8. The number of nitrogens with zero attached hydrogens (tertiary/aromatic N) is 2. The van der Waals surface area contributed by atoms with Gasteiger partial charge in [-0.2, -0.15) is 4.31 Å². The summed E-state index contributed by atoms with van der Waals surface area (Å²) in [4.78, 5) is 0.416. The molecule has 0 radical (unpaired) electrons. The standard InChI is InChI=1S/C15H27N3O2S/c1-12(2)18-10-14(8-13(18)9-16-5)21(19,20)17-7-6-15(3,4)11-17/h8,10,12,16H,6-7,9,11H2,1-5H3. The Bertz CT molecular complexity index is 602. The maximum atomic E-state index is 12.8. The summed E-state index contributed by atoms with van der Waals surface area (Å²) >= 11 is 0. The van der Waals surface area contributed by atoms with Crippen molar-refractivity contribution in [1.29, 1.82) is 0 Å². The van der Waals surface area contributed by atoms with Crippen molar-refractivity contribution in [3.05, 3.63) is 18.0 Å². The largest absolute Gasteiger partial charge is 0.346 e. The normalized spacial score (nSPS) is 19.5. The first-order valence-corrected chi connectivity index (χ1v) is 8.97. The van der Waals surface area contributed by atoms with Crippen molar-refractivity contribution in [2.24, 2.45) is 5.41 Å². The zero-order valence-electron chi connectivity index (χ0n) is 13.7. The van der Waals surface area contributed by atoms with E-state index in [-0.39, 0.29) is 11.5 Å². The van der Waals surface area contributed by atoms with Crippen molar-refractivity contribution in [3.63, 3.8) is 0 Å². The molecule has 1 N–H and O–H groups in total. The fourth-order valence-corrected chi connectivity index (χ4v) is 4.54. The van der Waals surface area contributed by atoms with Crippen LogP contribution in [-0.2, 0) is 16.6 Å². The van der Waals surface area contributed by atoms with Gasteiger partial charge in [-0.15, -0.1) is 0 Å². The highest BCUT2D eigenvalue weighted by molar-refractivity contribution is 7.89. The summed E-state index contributed by atoms with van der Waals surface area (Å²) in [5, 5.41) is 3.10. The molecule has 0 atom stereocenters. The molecule has 0 unspecified atom stereocenters. The van der Waals surface area contributed by atoms with Gasteiger partial charge in [0.2, 0.25) is 10.0 Å². The maximum Gasteiger partial charge on any atom is 0.244 e. The molecule has 1 aliphatic heterocycles. The summed E-state index contributed by atoms with van der Waals surface area (Å²) in [5.41, 5.74) is 1.08. The van der Waals surface area contributed by atoms with E-state index in [1.165, 1.54) is 0 Å². The summed E-state index contributed by atoms with van der Waals surface area (Å²) in [5.74, 6) is 0. The van der Waals surface area contributed by atoms with Crippen molar-refractivity contribution < 1.29 is 8.42 Å². The molecule has 2 rings (SSSR count). The van der Waals surface area contributed by atoms with Crippen LogP contribution in [0.1, 0.15) is 45.9 Å². The van der Waals surface area contributed by atoms with Crippen LogP contribution >= 0.6 is 0 Å². The van der Waals surface area contributed by atoms with Crippen LogP contribution in [-0.4, -0.2) is 37.4 Å². The first-order valence-electron chi connectivity index (χ1n) is 7.53. The minimum absolute atomic E-state index is 0.0709. The topological polar surface area (TPSA) is 54.3 Å². The third-order valence-electron chi connectivity index (χ3n) is 4.10. The third kappa shape index (κ3) is 3.33. The van der Waals surface area contributed by atoms with Gasteiger partial charge in [0.05, 0.1) is 0 Å². The van der Waals surface area contributed by atoms with E-state index in [1.807, 2.05) is 11.6 Å². The van der Waals surface area contributed by atoms with Gasteiger partial charge < -0.3 is 9.88 Å². The van der Waals surface area contributed by atoms with E-state index in [0.717, 1.165) is 12.1 Å². The van der Waals surface area contributed by atoms with Gasteiger partial charge in [0, 0.05) is 37.6 Å². The fourth-order valence-electron chi connectivity index (χ4n) is 2.86. The molecule has 1 aromatic rings. The molecular formula is C15H27N3O2S. The molecule has 0 saturated carbocycles. The van der Waals surface area contributed by atoms with Crippen molar-refractivity contribution in [2.45, 2.75) is 51.6 Å². The number of rotatable bonds is 5. The van der Waals surface area contributed by atoms with Crippen LogP contribution in [0.5, 0.6) is 0 Å². The lowest BCUT2D eigenvalue weighted by Crippen LogP contribution is -2.30. The quantitative estimate of drug-likeness (QED) is 0.907. The Morgan fingerprint density at radius 3 is 2.52 bits per heavy atom. The molecule has 21 heavy (non-hydrogen) atoms. The Morgan fingerprint density at radius 1 is 1.38 bits per heavy atom.